The standard InChI is InChI=1S/C14H21N.C6H7N/c1-12-6-5-9-14(10-12)15-11-13-7-3-2-4-8-13;7-6-4-2-1-3-5-6/h5-6,9-10,13,15H,2-4,7-8,11H2,1H3;1-5H,7H2. The highest BCUT2D eigenvalue weighted by molar-refractivity contribution is 5.45. The Morgan fingerprint density at radius 1 is 0.955 bits per heavy atom. The average molecular weight is 296 g/mol. The molecule has 3 rings (SSSR count). The van der Waals surface area contributed by atoms with E-state index in [1.54, 1.807) is 0 Å². The van der Waals surface area contributed by atoms with Crippen LogP contribution in [0.5, 0.6) is 0 Å². The van der Waals surface area contributed by atoms with E-state index in [4.69, 9.17) is 5.73 Å². The third kappa shape index (κ3) is 6.21. The summed E-state index contributed by atoms with van der Waals surface area (Å²) in [6.45, 7) is 3.30. The van der Waals surface area contributed by atoms with Crippen LogP contribution in [0.1, 0.15) is 37.7 Å². The molecule has 2 aromatic carbocycles. The number of hydrogen-bond donors (Lipinski definition) is 2. The van der Waals surface area contributed by atoms with E-state index in [1.165, 1.54) is 43.4 Å². The van der Waals surface area contributed by atoms with Crippen molar-refractivity contribution in [2.24, 2.45) is 5.92 Å². The lowest BCUT2D eigenvalue weighted by molar-refractivity contribution is 0.373. The van der Waals surface area contributed by atoms with Gasteiger partial charge >= 0.3 is 0 Å². The lowest BCUT2D eigenvalue weighted by Crippen LogP contribution is -2.17. The number of para-hydroxylation sites is 1. The summed E-state index contributed by atoms with van der Waals surface area (Å²) in [6, 6.07) is 18.1. The van der Waals surface area contributed by atoms with Crippen LogP contribution >= 0.6 is 0 Å². The second-order valence-corrected chi connectivity index (χ2v) is 6.17. The van der Waals surface area contributed by atoms with Crippen LogP contribution in [0.25, 0.3) is 0 Å². The van der Waals surface area contributed by atoms with Crippen molar-refractivity contribution in [2.75, 3.05) is 17.6 Å². The highest BCUT2D eigenvalue weighted by atomic mass is 14.9. The molecule has 0 spiro atoms. The van der Waals surface area contributed by atoms with Gasteiger partial charge in [-0.1, -0.05) is 49.6 Å². The Morgan fingerprint density at radius 3 is 2.27 bits per heavy atom. The third-order valence-corrected chi connectivity index (χ3v) is 4.14. The molecule has 0 radical (unpaired) electrons. The van der Waals surface area contributed by atoms with E-state index in [-0.39, 0.29) is 0 Å². The molecule has 0 saturated heterocycles. The number of benzene rings is 2. The molecule has 0 aromatic heterocycles. The van der Waals surface area contributed by atoms with Crippen LogP contribution in [0.2, 0.25) is 0 Å². The minimum Gasteiger partial charge on any atom is -0.399 e. The predicted molar refractivity (Wildman–Crippen MR) is 97.1 cm³/mol. The van der Waals surface area contributed by atoms with E-state index in [2.05, 4.69) is 36.5 Å². The molecule has 2 aromatic rings. The fourth-order valence-corrected chi connectivity index (χ4v) is 2.86. The van der Waals surface area contributed by atoms with Crippen LogP contribution in [0.4, 0.5) is 11.4 Å². The van der Waals surface area contributed by atoms with Crippen molar-refractivity contribution in [1.82, 2.24) is 0 Å². The van der Waals surface area contributed by atoms with E-state index >= 15 is 0 Å². The fraction of sp³-hybridized carbons (Fsp3) is 0.400. The van der Waals surface area contributed by atoms with Crippen LogP contribution in [0.15, 0.2) is 54.6 Å². The van der Waals surface area contributed by atoms with Crippen molar-refractivity contribution in [3.05, 3.63) is 60.2 Å². The topological polar surface area (TPSA) is 38.0 Å². The van der Waals surface area contributed by atoms with E-state index < -0.39 is 0 Å². The molecular formula is C20H28N2. The molecule has 0 unspecified atom stereocenters. The summed E-state index contributed by atoms with van der Waals surface area (Å²) in [5.74, 6) is 0.902. The predicted octanol–water partition coefficient (Wildman–Crippen LogP) is 5.26. The van der Waals surface area contributed by atoms with Crippen molar-refractivity contribution < 1.29 is 0 Å². The van der Waals surface area contributed by atoms with Gasteiger partial charge in [-0.2, -0.15) is 0 Å². The molecule has 2 nitrogen and oxygen atoms in total. The number of aryl methyl sites for hydroxylation is 1. The van der Waals surface area contributed by atoms with Gasteiger partial charge in [-0.15, -0.1) is 0 Å². The van der Waals surface area contributed by atoms with Crippen molar-refractivity contribution >= 4 is 11.4 Å². The summed E-state index contributed by atoms with van der Waals surface area (Å²) >= 11 is 0. The molecule has 2 heteroatoms. The fourth-order valence-electron chi connectivity index (χ4n) is 2.86. The van der Waals surface area contributed by atoms with Crippen molar-refractivity contribution in [2.45, 2.75) is 39.0 Å². The van der Waals surface area contributed by atoms with Gasteiger partial charge < -0.3 is 11.1 Å². The minimum atomic E-state index is 0.822. The van der Waals surface area contributed by atoms with Gasteiger partial charge in [-0.05, 0) is 55.5 Å². The Morgan fingerprint density at radius 2 is 1.68 bits per heavy atom. The van der Waals surface area contributed by atoms with Gasteiger partial charge in [0.2, 0.25) is 0 Å². The summed E-state index contributed by atoms with van der Waals surface area (Å²) in [5, 5.41) is 3.56. The second-order valence-electron chi connectivity index (χ2n) is 6.17. The minimum absolute atomic E-state index is 0.822. The third-order valence-electron chi connectivity index (χ3n) is 4.14. The number of nitrogens with one attached hydrogen (secondary N) is 1. The molecule has 3 N–H and O–H groups in total. The van der Waals surface area contributed by atoms with Gasteiger partial charge in [0.25, 0.3) is 0 Å². The first-order valence-electron chi connectivity index (χ1n) is 8.35. The molecule has 0 aliphatic heterocycles. The molecule has 1 saturated carbocycles. The Kier molecular flexibility index (Phi) is 6.82. The number of hydrogen-bond acceptors (Lipinski definition) is 2. The van der Waals surface area contributed by atoms with Crippen LogP contribution in [-0.2, 0) is 0 Å². The molecule has 0 heterocycles. The number of nitrogen functional groups attached to an aromatic ring is 1. The zero-order valence-corrected chi connectivity index (χ0v) is 13.6. The first-order chi connectivity index (χ1) is 10.7. The summed E-state index contributed by atoms with van der Waals surface area (Å²) in [4.78, 5) is 0. The van der Waals surface area contributed by atoms with Crippen LogP contribution in [-0.4, -0.2) is 6.54 Å². The van der Waals surface area contributed by atoms with Crippen molar-refractivity contribution in [3.8, 4) is 0 Å². The highest BCUT2D eigenvalue weighted by Gasteiger charge is 2.12. The van der Waals surface area contributed by atoms with E-state index in [1.807, 2.05) is 30.3 Å². The van der Waals surface area contributed by atoms with Crippen LogP contribution in [0.3, 0.4) is 0 Å². The lowest BCUT2D eigenvalue weighted by atomic mass is 9.89. The van der Waals surface area contributed by atoms with Gasteiger partial charge in [0.15, 0.2) is 0 Å². The maximum Gasteiger partial charge on any atom is 0.0342 e. The van der Waals surface area contributed by atoms with E-state index in [9.17, 15) is 0 Å². The maximum atomic E-state index is 5.36. The monoisotopic (exact) mass is 296 g/mol. The van der Waals surface area contributed by atoms with Gasteiger partial charge in [-0.3, -0.25) is 0 Å². The lowest BCUT2D eigenvalue weighted by Gasteiger charge is -2.22. The zero-order valence-electron chi connectivity index (χ0n) is 13.6. The zero-order chi connectivity index (χ0) is 15.6. The molecule has 0 bridgehead atoms. The normalized spacial score (nSPS) is 14.8. The maximum absolute atomic E-state index is 5.36. The molecular weight excluding hydrogens is 268 g/mol. The molecule has 1 aliphatic carbocycles. The summed E-state index contributed by atoms with van der Waals surface area (Å²) < 4.78 is 0. The molecule has 22 heavy (non-hydrogen) atoms. The largest absolute Gasteiger partial charge is 0.399 e. The summed E-state index contributed by atoms with van der Waals surface area (Å²) in [7, 11) is 0. The average Bonchev–Trinajstić information content (AvgIpc) is 2.55. The number of rotatable bonds is 3. The van der Waals surface area contributed by atoms with Crippen molar-refractivity contribution in [3.63, 3.8) is 0 Å². The van der Waals surface area contributed by atoms with Gasteiger partial charge in [0, 0.05) is 17.9 Å². The number of nitrogens with two attached hydrogens (primary N) is 1. The molecule has 0 amide bonds. The first-order valence-corrected chi connectivity index (χ1v) is 8.35. The van der Waals surface area contributed by atoms with Gasteiger partial charge in [0.1, 0.15) is 0 Å². The van der Waals surface area contributed by atoms with Crippen LogP contribution < -0.4 is 11.1 Å². The summed E-state index contributed by atoms with van der Waals surface area (Å²) in [5.41, 5.74) is 8.79. The van der Waals surface area contributed by atoms with Crippen molar-refractivity contribution in [1.29, 1.82) is 0 Å². The Balaban J connectivity index is 0.000000211. The Bertz CT molecular complexity index is 530. The molecule has 0 atom stereocenters. The smallest absolute Gasteiger partial charge is 0.0342 e. The highest BCUT2D eigenvalue weighted by Crippen LogP contribution is 2.24. The first kappa shape index (κ1) is 16.4. The van der Waals surface area contributed by atoms with Crippen LogP contribution in [0, 0.1) is 12.8 Å². The van der Waals surface area contributed by atoms with Gasteiger partial charge in [-0.25, -0.2) is 0 Å². The SMILES string of the molecule is Cc1cccc(NCC2CCCCC2)c1.Nc1ccccc1. The molecule has 118 valence electrons. The van der Waals surface area contributed by atoms with E-state index in [0.717, 1.165) is 18.2 Å². The second kappa shape index (κ2) is 9.14. The number of anilines is 2. The summed E-state index contributed by atoms with van der Waals surface area (Å²) in [6.07, 6.45) is 7.14. The van der Waals surface area contributed by atoms with Gasteiger partial charge in [0.05, 0.1) is 0 Å². The Labute approximate surface area is 134 Å². The Hall–Kier alpha value is -1.96. The molecule has 1 fully saturated rings. The quantitative estimate of drug-likeness (QED) is 0.759. The molecule has 1 aliphatic rings. The van der Waals surface area contributed by atoms with E-state index in [0.29, 0.717) is 0 Å².